The first kappa shape index (κ1) is 24.4. The van der Waals surface area contributed by atoms with Gasteiger partial charge in [-0.2, -0.15) is 0 Å². The maximum absolute atomic E-state index is 15.1. The summed E-state index contributed by atoms with van der Waals surface area (Å²) in [6.07, 6.45) is 7.56. The third-order valence-electron chi connectivity index (χ3n) is 6.82. The van der Waals surface area contributed by atoms with Gasteiger partial charge in [-0.1, -0.05) is 44.4 Å². The minimum Gasteiger partial charge on any atom is -0.478 e. The largest absolute Gasteiger partial charge is 0.478 e. The van der Waals surface area contributed by atoms with Crippen LogP contribution in [-0.4, -0.2) is 17.7 Å². The molecule has 2 aromatic rings. The zero-order valence-electron chi connectivity index (χ0n) is 19.3. The van der Waals surface area contributed by atoms with Crippen molar-refractivity contribution in [2.45, 2.75) is 77.7 Å². The monoisotopic (exact) mass is 444 g/mol. The molecule has 3 rings (SSSR count). The predicted octanol–water partition coefficient (Wildman–Crippen LogP) is 7.89. The second-order valence-corrected chi connectivity index (χ2v) is 8.90. The summed E-state index contributed by atoms with van der Waals surface area (Å²) in [5.41, 5.74) is 1.33. The van der Waals surface area contributed by atoms with Crippen LogP contribution in [0, 0.1) is 17.6 Å². The lowest BCUT2D eigenvalue weighted by Crippen LogP contribution is -2.14. The summed E-state index contributed by atoms with van der Waals surface area (Å²) in [7, 11) is 0. The molecule has 0 heterocycles. The summed E-state index contributed by atoms with van der Waals surface area (Å²) in [5.74, 6) is -2.09. The van der Waals surface area contributed by atoms with E-state index in [9.17, 15) is 14.3 Å². The second-order valence-electron chi connectivity index (χ2n) is 8.90. The Kier molecular flexibility index (Phi) is 8.41. The number of ether oxygens (including phenoxy) is 1. The lowest BCUT2D eigenvalue weighted by molar-refractivity contribution is 0.0696. The summed E-state index contributed by atoms with van der Waals surface area (Å²) >= 11 is 0. The topological polar surface area (TPSA) is 46.5 Å². The normalized spacial score (nSPS) is 19.7. The van der Waals surface area contributed by atoms with Gasteiger partial charge in [0.2, 0.25) is 0 Å². The highest BCUT2D eigenvalue weighted by atomic mass is 19.2. The molecule has 1 aliphatic carbocycles. The highest BCUT2D eigenvalue weighted by Gasteiger charge is 2.26. The molecule has 0 aromatic heterocycles. The molecular weight excluding hydrogens is 410 g/mol. The van der Waals surface area contributed by atoms with Gasteiger partial charge in [0.15, 0.2) is 11.6 Å². The van der Waals surface area contributed by atoms with Crippen LogP contribution in [0.1, 0.15) is 99.2 Å². The van der Waals surface area contributed by atoms with Crippen LogP contribution in [0.5, 0.6) is 0 Å². The van der Waals surface area contributed by atoms with Gasteiger partial charge in [0.1, 0.15) is 0 Å². The molecule has 0 spiro atoms. The van der Waals surface area contributed by atoms with Crippen molar-refractivity contribution in [3.63, 3.8) is 0 Å². The lowest BCUT2D eigenvalue weighted by Gasteiger charge is -2.29. The third kappa shape index (κ3) is 5.37. The summed E-state index contributed by atoms with van der Waals surface area (Å²) in [6, 6.07) is 8.08. The molecule has 1 atom stereocenters. The molecule has 5 heteroatoms. The van der Waals surface area contributed by atoms with E-state index in [2.05, 4.69) is 6.92 Å². The molecule has 1 N–H and O–H groups in total. The number of carboxylic acids is 1. The fraction of sp³-hybridized carbons (Fsp3) is 0.519. The van der Waals surface area contributed by atoms with Crippen molar-refractivity contribution in [2.24, 2.45) is 5.92 Å². The number of carboxylic acid groups (broad SMARTS) is 1. The van der Waals surface area contributed by atoms with Crippen molar-refractivity contribution >= 4 is 5.97 Å². The van der Waals surface area contributed by atoms with Crippen LogP contribution in [0.2, 0.25) is 0 Å². The van der Waals surface area contributed by atoms with Crippen LogP contribution in [0.4, 0.5) is 8.78 Å². The Morgan fingerprint density at radius 3 is 2.41 bits per heavy atom. The Hall–Kier alpha value is -2.27. The van der Waals surface area contributed by atoms with E-state index in [0.717, 1.165) is 37.2 Å². The number of hydrogen-bond donors (Lipinski definition) is 1. The molecule has 0 saturated heterocycles. The lowest BCUT2D eigenvalue weighted by atomic mass is 9.76. The minimum atomic E-state index is -1.15. The van der Waals surface area contributed by atoms with Gasteiger partial charge >= 0.3 is 5.97 Å². The van der Waals surface area contributed by atoms with Gasteiger partial charge in [-0.05, 0) is 74.6 Å². The molecule has 0 aliphatic heterocycles. The van der Waals surface area contributed by atoms with Crippen molar-refractivity contribution < 1.29 is 23.4 Å². The molecule has 174 valence electrons. The minimum absolute atomic E-state index is 0.0192. The maximum Gasteiger partial charge on any atom is 0.336 e. The average Bonchev–Trinajstić information content (AvgIpc) is 2.79. The zero-order chi connectivity index (χ0) is 23.3. The van der Waals surface area contributed by atoms with Crippen molar-refractivity contribution in [3.8, 4) is 11.1 Å². The van der Waals surface area contributed by atoms with E-state index in [-0.39, 0.29) is 22.3 Å². The maximum atomic E-state index is 15.1. The van der Waals surface area contributed by atoms with E-state index in [1.165, 1.54) is 37.5 Å². The van der Waals surface area contributed by atoms with Crippen LogP contribution < -0.4 is 0 Å². The molecule has 1 fully saturated rings. The fourth-order valence-electron chi connectivity index (χ4n) is 4.93. The molecular formula is C27H34F2O3. The molecule has 1 saturated carbocycles. The Morgan fingerprint density at radius 2 is 1.78 bits per heavy atom. The quantitative estimate of drug-likeness (QED) is 0.428. The average molecular weight is 445 g/mol. The van der Waals surface area contributed by atoms with Gasteiger partial charge in [-0.3, -0.25) is 0 Å². The van der Waals surface area contributed by atoms with E-state index in [1.54, 1.807) is 19.9 Å². The molecule has 1 aliphatic rings. The molecule has 0 radical (unpaired) electrons. The van der Waals surface area contributed by atoms with Gasteiger partial charge in [0.05, 0.1) is 11.7 Å². The summed E-state index contributed by atoms with van der Waals surface area (Å²) in [4.78, 5) is 11.8. The second kappa shape index (κ2) is 11.0. The number of benzene rings is 2. The van der Waals surface area contributed by atoms with Crippen molar-refractivity contribution in [2.75, 3.05) is 6.61 Å². The molecule has 32 heavy (non-hydrogen) atoms. The van der Waals surface area contributed by atoms with Gasteiger partial charge in [0, 0.05) is 17.7 Å². The SMILES string of the molecule is CCCCC1CCC(c2ccc(C(=O)O)c(-c3ccc(C(C)OCC)c(F)c3F)c2)CC1. The van der Waals surface area contributed by atoms with Gasteiger partial charge < -0.3 is 9.84 Å². The number of hydrogen-bond acceptors (Lipinski definition) is 2. The van der Waals surface area contributed by atoms with Crippen LogP contribution in [0.15, 0.2) is 30.3 Å². The number of rotatable bonds is 9. The first-order chi connectivity index (χ1) is 15.4. The smallest absolute Gasteiger partial charge is 0.336 e. The van der Waals surface area contributed by atoms with Crippen molar-refractivity contribution in [3.05, 3.63) is 58.7 Å². The first-order valence-electron chi connectivity index (χ1n) is 11.8. The van der Waals surface area contributed by atoms with E-state index >= 15 is 4.39 Å². The molecule has 3 nitrogen and oxygen atoms in total. The Morgan fingerprint density at radius 1 is 1.06 bits per heavy atom. The molecule has 0 bridgehead atoms. The predicted molar refractivity (Wildman–Crippen MR) is 123 cm³/mol. The fourth-order valence-corrected chi connectivity index (χ4v) is 4.93. The molecule has 2 aromatic carbocycles. The number of unbranched alkanes of at least 4 members (excludes halogenated alkanes) is 1. The number of aromatic carboxylic acids is 1. The Labute approximate surface area is 189 Å². The van der Waals surface area contributed by atoms with Gasteiger partial charge in [0.25, 0.3) is 0 Å². The standard InChI is InChI=1S/C27H34F2O3/c1-4-6-7-18-8-10-19(11-9-18)20-12-13-23(27(30)31)24(16-20)22-15-14-21(17(3)32-5-2)25(28)26(22)29/h12-19H,4-11H2,1-3H3,(H,30,31). The van der Waals surface area contributed by atoms with E-state index in [0.29, 0.717) is 12.5 Å². The third-order valence-corrected chi connectivity index (χ3v) is 6.82. The van der Waals surface area contributed by atoms with Crippen molar-refractivity contribution in [1.82, 2.24) is 0 Å². The van der Waals surface area contributed by atoms with E-state index < -0.39 is 23.7 Å². The first-order valence-corrected chi connectivity index (χ1v) is 11.8. The van der Waals surface area contributed by atoms with Crippen molar-refractivity contribution in [1.29, 1.82) is 0 Å². The van der Waals surface area contributed by atoms with Crippen LogP contribution in [-0.2, 0) is 4.74 Å². The van der Waals surface area contributed by atoms with Crippen LogP contribution in [0.25, 0.3) is 11.1 Å². The summed E-state index contributed by atoms with van der Waals surface area (Å²) in [6.45, 7) is 6.06. The summed E-state index contributed by atoms with van der Waals surface area (Å²) in [5, 5.41) is 9.68. The van der Waals surface area contributed by atoms with E-state index in [4.69, 9.17) is 4.74 Å². The summed E-state index contributed by atoms with van der Waals surface area (Å²) < 4.78 is 35.4. The van der Waals surface area contributed by atoms with E-state index in [1.807, 2.05) is 6.07 Å². The van der Waals surface area contributed by atoms with Gasteiger partial charge in [-0.25, -0.2) is 13.6 Å². The highest BCUT2D eigenvalue weighted by molar-refractivity contribution is 5.96. The molecule has 1 unspecified atom stereocenters. The van der Waals surface area contributed by atoms with Gasteiger partial charge in [-0.15, -0.1) is 0 Å². The number of carbonyl (C=O) groups is 1. The highest BCUT2D eigenvalue weighted by Crippen LogP contribution is 2.40. The molecule has 0 amide bonds. The van der Waals surface area contributed by atoms with Crippen LogP contribution in [0.3, 0.4) is 0 Å². The van der Waals surface area contributed by atoms with Crippen LogP contribution >= 0.6 is 0 Å². The zero-order valence-corrected chi connectivity index (χ0v) is 19.3. The Balaban J connectivity index is 1.93. The Bertz CT molecular complexity index is 933. The number of halogens is 2.